The van der Waals surface area contributed by atoms with E-state index in [1.165, 1.54) is 283 Å². The van der Waals surface area contributed by atoms with E-state index in [1.807, 2.05) is 0 Å². The minimum absolute atomic E-state index is 0.108. The number of rotatable bonds is 84. The van der Waals surface area contributed by atoms with Gasteiger partial charge in [-0.05, 0) is 25.7 Å². The van der Waals surface area contributed by atoms with Crippen molar-refractivity contribution in [2.24, 2.45) is 0 Å². The topological polar surface area (TPSA) is 237 Å². The number of hydrogen-bond acceptors (Lipinski definition) is 15. The van der Waals surface area contributed by atoms with Crippen LogP contribution >= 0.6 is 15.6 Å². The quantitative estimate of drug-likeness (QED) is 0.0222. The molecule has 3 N–H and O–H groups in total. The summed E-state index contributed by atoms with van der Waals surface area (Å²) in [7, 11) is -9.92. The molecule has 0 aliphatic carbocycles. The van der Waals surface area contributed by atoms with E-state index in [0.717, 1.165) is 89.9 Å². The lowest BCUT2D eigenvalue weighted by Crippen LogP contribution is -2.30. The highest BCUT2D eigenvalue weighted by molar-refractivity contribution is 7.47. The molecule has 0 aromatic rings. The van der Waals surface area contributed by atoms with Crippen molar-refractivity contribution in [3.05, 3.63) is 0 Å². The first-order valence-corrected chi connectivity index (χ1v) is 46.3. The zero-order valence-electron chi connectivity index (χ0n) is 66.6. The van der Waals surface area contributed by atoms with Gasteiger partial charge in [-0.2, -0.15) is 0 Å². The van der Waals surface area contributed by atoms with Crippen LogP contribution in [0.25, 0.3) is 0 Å². The molecule has 0 saturated heterocycles. The summed E-state index contributed by atoms with van der Waals surface area (Å²) in [6, 6.07) is 0. The van der Waals surface area contributed by atoms with E-state index in [-0.39, 0.29) is 25.7 Å². The van der Waals surface area contributed by atoms with Crippen molar-refractivity contribution in [2.75, 3.05) is 39.6 Å². The highest BCUT2D eigenvalue weighted by Gasteiger charge is 2.30. The zero-order valence-corrected chi connectivity index (χ0v) is 68.4. The summed E-state index contributed by atoms with van der Waals surface area (Å²) >= 11 is 0. The van der Waals surface area contributed by atoms with Crippen LogP contribution in [0.1, 0.15) is 451 Å². The Bertz CT molecular complexity index is 1930. The third-order valence-electron chi connectivity index (χ3n) is 19.6. The fourth-order valence-corrected chi connectivity index (χ4v) is 14.6. The predicted molar refractivity (Wildman–Crippen MR) is 419 cm³/mol. The molecular weight excluding hydrogens is 1330 g/mol. The Kier molecular flexibility index (Phi) is 75.8. The monoisotopic (exact) mass is 1490 g/mol. The summed E-state index contributed by atoms with van der Waals surface area (Å²) in [5, 5.41) is 10.6. The largest absolute Gasteiger partial charge is 0.472 e. The summed E-state index contributed by atoms with van der Waals surface area (Å²) in [5.41, 5.74) is 0. The third kappa shape index (κ3) is 76.3. The van der Waals surface area contributed by atoms with Crippen LogP contribution in [-0.4, -0.2) is 96.7 Å². The van der Waals surface area contributed by atoms with E-state index in [1.54, 1.807) is 0 Å². The lowest BCUT2D eigenvalue weighted by atomic mass is 10.0. The van der Waals surface area contributed by atoms with Crippen molar-refractivity contribution < 1.29 is 80.2 Å². The molecule has 0 saturated carbocycles. The summed E-state index contributed by atoms with van der Waals surface area (Å²) in [4.78, 5) is 73.0. The van der Waals surface area contributed by atoms with E-state index in [2.05, 4.69) is 27.7 Å². The van der Waals surface area contributed by atoms with Gasteiger partial charge in [0.15, 0.2) is 12.2 Å². The molecule has 606 valence electrons. The molecule has 0 aromatic heterocycles. The summed E-state index contributed by atoms with van der Waals surface area (Å²) in [6.07, 6.45) is 70.9. The molecule has 0 aliphatic rings. The normalized spacial score (nSPS) is 13.8. The molecule has 0 bridgehead atoms. The highest BCUT2D eigenvalue weighted by atomic mass is 31.2. The first-order valence-electron chi connectivity index (χ1n) is 43.3. The molecule has 0 aromatic carbocycles. The molecule has 0 radical (unpaired) electrons. The number of aliphatic hydroxyl groups is 1. The van der Waals surface area contributed by atoms with Gasteiger partial charge in [0, 0.05) is 25.7 Å². The SMILES string of the molecule is CCCCCCCCCCCCCCCCCCCCCCCCC(=O)O[C@H](COC(=O)CCCCCCCCCCCCCCCCCCCC)COP(=O)(O)OC[C@@H](O)COP(=O)(O)OC[C@@H](COC(=O)CCCCCCCCCCC)OC(=O)CCCCCCCCCCCCCCC. The Balaban J connectivity index is 5.19. The van der Waals surface area contributed by atoms with Crippen molar-refractivity contribution in [1.82, 2.24) is 0 Å². The van der Waals surface area contributed by atoms with E-state index >= 15 is 0 Å². The summed E-state index contributed by atoms with van der Waals surface area (Å²) in [6.45, 7) is 5.02. The number of carbonyl (C=O) groups is 4. The van der Waals surface area contributed by atoms with Crippen LogP contribution in [0.2, 0.25) is 0 Å². The number of carbonyl (C=O) groups excluding carboxylic acids is 4. The van der Waals surface area contributed by atoms with Gasteiger partial charge in [0.05, 0.1) is 26.4 Å². The summed E-state index contributed by atoms with van der Waals surface area (Å²) < 4.78 is 68.7. The maximum atomic E-state index is 13.1. The second-order valence-electron chi connectivity index (χ2n) is 29.9. The number of phosphoric ester groups is 2. The van der Waals surface area contributed by atoms with Crippen LogP contribution in [0.15, 0.2) is 0 Å². The lowest BCUT2D eigenvalue weighted by molar-refractivity contribution is -0.161. The Hall–Kier alpha value is -1.94. The van der Waals surface area contributed by atoms with Crippen LogP contribution in [-0.2, 0) is 65.4 Å². The van der Waals surface area contributed by atoms with Crippen LogP contribution in [0.4, 0.5) is 0 Å². The van der Waals surface area contributed by atoms with E-state index in [0.29, 0.717) is 25.7 Å². The van der Waals surface area contributed by atoms with Gasteiger partial charge in [0.25, 0.3) is 0 Å². The van der Waals surface area contributed by atoms with Crippen molar-refractivity contribution >= 4 is 39.5 Å². The van der Waals surface area contributed by atoms with Crippen LogP contribution in [0.3, 0.4) is 0 Å². The molecule has 19 heteroatoms. The molecule has 0 heterocycles. The molecule has 0 fully saturated rings. The van der Waals surface area contributed by atoms with Crippen LogP contribution in [0.5, 0.6) is 0 Å². The number of hydrogen-bond donors (Lipinski definition) is 3. The van der Waals surface area contributed by atoms with Gasteiger partial charge in [-0.15, -0.1) is 0 Å². The van der Waals surface area contributed by atoms with Gasteiger partial charge in [-0.1, -0.05) is 400 Å². The molecule has 0 rings (SSSR count). The van der Waals surface area contributed by atoms with Crippen LogP contribution in [0, 0.1) is 0 Å². The van der Waals surface area contributed by atoms with Crippen molar-refractivity contribution in [3.63, 3.8) is 0 Å². The highest BCUT2D eigenvalue weighted by Crippen LogP contribution is 2.45. The molecule has 0 amide bonds. The number of unbranched alkanes of at least 4 members (excludes halogenated alkanes) is 58. The van der Waals surface area contributed by atoms with Gasteiger partial charge in [0.2, 0.25) is 0 Å². The lowest BCUT2D eigenvalue weighted by Gasteiger charge is -2.21. The zero-order chi connectivity index (χ0) is 74.6. The maximum Gasteiger partial charge on any atom is 0.472 e. The Labute approximate surface area is 626 Å². The minimum Gasteiger partial charge on any atom is -0.462 e. The fraction of sp³-hybridized carbons (Fsp3) is 0.952. The summed E-state index contributed by atoms with van der Waals surface area (Å²) in [5.74, 6) is -2.10. The fourth-order valence-electron chi connectivity index (χ4n) is 13.0. The standard InChI is InChI=1S/C83H162O17P2/c1-5-9-13-17-21-25-28-31-33-35-37-38-39-40-42-44-47-50-54-58-62-66-70-83(88)100-79(74-94-81(86)68-64-60-56-52-48-46-43-41-36-34-32-29-26-22-18-14-10-6-2)76-98-102(91,92)96-72-77(84)71-95-101(89,90)97-75-78(73-93-80(85)67-63-59-55-51-24-20-16-12-8-4)99-82(87)69-65-61-57-53-49-45-30-27-23-19-15-11-7-3/h77-79,84H,5-76H2,1-4H3,(H,89,90)(H,91,92)/t77-,78+,79+/m0/s1. The minimum atomic E-state index is -4.96. The number of ether oxygens (including phenoxy) is 4. The van der Waals surface area contributed by atoms with Crippen LogP contribution < -0.4 is 0 Å². The Morgan fingerprint density at radius 2 is 0.392 bits per heavy atom. The maximum absolute atomic E-state index is 13.1. The van der Waals surface area contributed by atoms with Gasteiger partial charge in [-0.3, -0.25) is 37.3 Å². The van der Waals surface area contributed by atoms with Crippen molar-refractivity contribution in [2.45, 2.75) is 470 Å². The molecular formula is C83H162O17P2. The molecule has 2 unspecified atom stereocenters. The number of phosphoric acid groups is 2. The first kappa shape index (κ1) is 100. The van der Waals surface area contributed by atoms with E-state index < -0.39 is 97.5 Å². The smallest absolute Gasteiger partial charge is 0.462 e. The Morgan fingerprint density at radius 1 is 0.235 bits per heavy atom. The van der Waals surface area contributed by atoms with Gasteiger partial charge < -0.3 is 33.8 Å². The van der Waals surface area contributed by atoms with Gasteiger partial charge in [0.1, 0.15) is 19.3 Å². The molecule has 0 spiro atoms. The van der Waals surface area contributed by atoms with E-state index in [9.17, 15) is 43.2 Å². The molecule has 102 heavy (non-hydrogen) atoms. The second-order valence-corrected chi connectivity index (χ2v) is 32.8. The predicted octanol–water partition coefficient (Wildman–Crippen LogP) is 25.4. The van der Waals surface area contributed by atoms with Gasteiger partial charge >= 0.3 is 39.5 Å². The molecule has 0 aliphatic heterocycles. The number of esters is 4. The average molecular weight is 1490 g/mol. The first-order chi connectivity index (χ1) is 49.7. The number of aliphatic hydroxyl groups excluding tert-OH is 1. The second kappa shape index (κ2) is 77.2. The Morgan fingerprint density at radius 3 is 0.578 bits per heavy atom. The van der Waals surface area contributed by atoms with Crippen molar-refractivity contribution in [3.8, 4) is 0 Å². The van der Waals surface area contributed by atoms with Crippen molar-refractivity contribution in [1.29, 1.82) is 0 Å². The molecule has 17 nitrogen and oxygen atoms in total. The average Bonchev–Trinajstić information content (AvgIpc) is 0.927. The molecule has 5 atom stereocenters. The van der Waals surface area contributed by atoms with Gasteiger partial charge in [-0.25, -0.2) is 9.13 Å². The van der Waals surface area contributed by atoms with E-state index in [4.69, 9.17) is 37.0 Å². The third-order valence-corrected chi connectivity index (χ3v) is 21.5.